The van der Waals surface area contributed by atoms with E-state index in [1.54, 1.807) is 7.11 Å². The van der Waals surface area contributed by atoms with Crippen LogP contribution < -0.4 is 5.32 Å². The summed E-state index contributed by atoms with van der Waals surface area (Å²) in [6.45, 7) is 9.98. The summed E-state index contributed by atoms with van der Waals surface area (Å²) in [5, 5.41) is 2.68. The molecule has 0 rings (SSSR count). The summed E-state index contributed by atoms with van der Waals surface area (Å²) in [6, 6.07) is -0.0440. The van der Waals surface area contributed by atoms with Gasteiger partial charge in [0.05, 0.1) is 19.3 Å². The smallest absolute Gasteiger partial charge is 0.407 e. The number of ether oxygens (including phenoxy) is 2. The quantitative estimate of drug-likeness (QED) is 0.790. The number of methoxy groups -OCH3 is 2. The third kappa shape index (κ3) is 7.19. The van der Waals surface area contributed by atoms with Crippen molar-refractivity contribution in [2.75, 3.05) is 14.2 Å². The number of alkyl carbamates (subject to hydrolysis) is 1. The third-order valence-corrected chi connectivity index (χ3v) is 1.95. The Morgan fingerprint density at radius 1 is 1.13 bits per heavy atom. The number of hydrogen-bond acceptors (Lipinski definition) is 3. The van der Waals surface area contributed by atoms with Crippen LogP contribution in [-0.2, 0) is 9.47 Å². The highest BCUT2D eigenvalue weighted by atomic mass is 16.5. The Bertz CT molecular complexity index is 160. The van der Waals surface area contributed by atoms with Crippen LogP contribution in [0.15, 0.2) is 0 Å². The molecule has 0 radical (unpaired) electrons. The van der Waals surface area contributed by atoms with Crippen LogP contribution in [0.4, 0.5) is 4.79 Å². The summed E-state index contributed by atoms with van der Waals surface area (Å²) in [5.74, 6) is 0.358. The minimum absolute atomic E-state index is 0.0131. The normalized spacial score (nSPS) is 13.6. The van der Waals surface area contributed by atoms with Crippen LogP contribution in [0.1, 0.15) is 34.6 Å². The van der Waals surface area contributed by atoms with Gasteiger partial charge in [-0.3, -0.25) is 0 Å². The van der Waals surface area contributed by atoms with Gasteiger partial charge < -0.3 is 14.8 Å². The maximum Gasteiger partial charge on any atom is 0.407 e. The Kier molecular flexibility index (Phi) is 10.8. The molecule has 0 aromatic heterocycles. The first-order valence-electron chi connectivity index (χ1n) is 5.40. The highest BCUT2D eigenvalue weighted by molar-refractivity contribution is 5.67. The summed E-state index contributed by atoms with van der Waals surface area (Å²) in [7, 11) is 2.99. The van der Waals surface area contributed by atoms with Gasteiger partial charge in [-0.25, -0.2) is 4.79 Å². The van der Waals surface area contributed by atoms with Crippen LogP contribution in [0, 0.1) is 5.92 Å². The van der Waals surface area contributed by atoms with Gasteiger partial charge in [-0.05, 0) is 12.8 Å². The highest BCUT2D eigenvalue weighted by Gasteiger charge is 2.21. The van der Waals surface area contributed by atoms with Gasteiger partial charge in [0.1, 0.15) is 0 Å². The zero-order chi connectivity index (χ0) is 12.4. The van der Waals surface area contributed by atoms with E-state index in [0.717, 1.165) is 0 Å². The summed E-state index contributed by atoms with van der Waals surface area (Å²) >= 11 is 0. The molecule has 0 fully saturated rings. The molecule has 4 heteroatoms. The van der Waals surface area contributed by atoms with Gasteiger partial charge >= 0.3 is 6.09 Å². The average molecular weight is 219 g/mol. The first-order chi connectivity index (χ1) is 7.02. The third-order valence-electron chi connectivity index (χ3n) is 1.95. The van der Waals surface area contributed by atoms with Crippen LogP contribution >= 0.6 is 0 Å². The van der Waals surface area contributed by atoms with Crippen molar-refractivity contribution < 1.29 is 14.3 Å². The predicted octanol–water partition coefficient (Wildman–Crippen LogP) is 2.43. The van der Waals surface area contributed by atoms with Crippen molar-refractivity contribution in [3.63, 3.8) is 0 Å². The molecule has 4 nitrogen and oxygen atoms in total. The van der Waals surface area contributed by atoms with E-state index in [2.05, 4.69) is 10.1 Å². The number of nitrogens with one attached hydrogen (secondary N) is 1. The molecule has 0 aliphatic carbocycles. The number of hydrogen-bond donors (Lipinski definition) is 1. The first-order valence-corrected chi connectivity index (χ1v) is 5.40. The summed E-state index contributed by atoms with van der Waals surface area (Å²) in [4.78, 5) is 10.9. The summed E-state index contributed by atoms with van der Waals surface area (Å²) < 4.78 is 9.74. The Labute approximate surface area is 93.3 Å². The molecule has 0 aliphatic rings. The van der Waals surface area contributed by atoms with Crippen LogP contribution in [-0.4, -0.2) is 32.5 Å². The zero-order valence-corrected chi connectivity index (χ0v) is 11.0. The topological polar surface area (TPSA) is 47.6 Å². The summed E-state index contributed by atoms with van der Waals surface area (Å²) in [6.07, 6.45) is -0.408. The lowest BCUT2D eigenvalue weighted by molar-refractivity contribution is 0.0375. The van der Waals surface area contributed by atoms with Gasteiger partial charge in [-0.1, -0.05) is 27.7 Å². The summed E-state index contributed by atoms with van der Waals surface area (Å²) in [5.41, 5.74) is 0. The molecule has 15 heavy (non-hydrogen) atoms. The fourth-order valence-electron chi connectivity index (χ4n) is 1.38. The highest BCUT2D eigenvalue weighted by Crippen LogP contribution is 2.09. The molecule has 0 aromatic carbocycles. The Morgan fingerprint density at radius 2 is 1.60 bits per heavy atom. The Morgan fingerprint density at radius 3 is 1.87 bits per heavy atom. The van der Waals surface area contributed by atoms with Gasteiger partial charge in [0.2, 0.25) is 0 Å². The van der Waals surface area contributed by atoms with E-state index in [1.807, 2.05) is 34.6 Å². The van der Waals surface area contributed by atoms with Gasteiger partial charge in [-0.2, -0.15) is 0 Å². The molecule has 0 aliphatic heterocycles. The monoisotopic (exact) mass is 219 g/mol. The van der Waals surface area contributed by atoms with Crippen LogP contribution in [0.2, 0.25) is 0 Å². The second-order valence-electron chi connectivity index (χ2n) is 3.37. The van der Waals surface area contributed by atoms with E-state index in [4.69, 9.17) is 4.74 Å². The van der Waals surface area contributed by atoms with Crippen molar-refractivity contribution in [1.29, 1.82) is 0 Å². The maximum atomic E-state index is 10.9. The van der Waals surface area contributed by atoms with E-state index in [-0.39, 0.29) is 12.1 Å². The molecule has 0 saturated heterocycles. The standard InChI is InChI=1S/C9H19NO3.C2H6/c1-6(2)8(12-4)7(3)10-9(11)13-5;1-2/h6-8H,1-5H3,(H,10,11);1-2H3. The molecule has 0 bridgehead atoms. The van der Waals surface area contributed by atoms with Gasteiger partial charge in [0.15, 0.2) is 0 Å². The predicted molar refractivity (Wildman–Crippen MR) is 62.0 cm³/mol. The lowest BCUT2D eigenvalue weighted by Gasteiger charge is -2.26. The van der Waals surface area contributed by atoms with E-state index in [9.17, 15) is 4.79 Å². The second kappa shape index (κ2) is 9.77. The van der Waals surface area contributed by atoms with E-state index < -0.39 is 6.09 Å². The molecule has 92 valence electrons. The van der Waals surface area contributed by atoms with Crippen LogP contribution in [0.3, 0.4) is 0 Å². The van der Waals surface area contributed by atoms with Crippen molar-refractivity contribution in [3.05, 3.63) is 0 Å². The van der Waals surface area contributed by atoms with Crippen LogP contribution in [0.5, 0.6) is 0 Å². The van der Waals surface area contributed by atoms with Crippen molar-refractivity contribution in [2.24, 2.45) is 5.92 Å². The number of carbonyl (C=O) groups is 1. The zero-order valence-electron chi connectivity index (χ0n) is 11.0. The SMILES string of the molecule is CC.COC(=O)NC(C)C(OC)C(C)C. The molecular weight excluding hydrogens is 194 g/mol. The Hall–Kier alpha value is -0.770. The lowest BCUT2D eigenvalue weighted by atomic mass is 10.0. The van der Waals surface area contributed by atoms with Crippen molar-refractivity contribution >= 4 is 6.09 Å². The lowest BCUT2D eigenvalue weighted by Crippen LogP contribution is -2.44. The first kappa shape index (κ1) is 16.7. The fourth-order valence-corrected chi connectivity index (χ4v) is 1.38. The second-order valence-corrected chi connectivity index (χ2v) is 3.37. The molecule has 2 atom stereocenters. The molecule has 1 N–H and O–H groups in total. The molecule has 1 amide bonds. The molecule has 0 saturated carbocycles. The van der Waals surface area contributed by atoms with E-state index in [0.29, 0.717) is 5.92 Å². The van der Waals surface area contributed by atoms with Gasteiger partial charge in [-0.15, -0.1) is 0 Å². The van der Waals surface area contributed by atoms with Crippen molar-refractivity contribution in [3.8, 4) is 0 Å². The minimum Gasteiger partial charge on any atom is -0.453 e. The van der Waals surface area contributed by atoms with Crippen molar-refractivity contribution in [2.45, 2.75) is 46.8 Å². The van der Waals surface area contributed by atoms with E-state index in [1.165, 1.54) is 7.11 Å². The largest absolute Gasteiger partial charge is 0.453 e. The molecule has 0 heterocycles. The van der Waals surface area contributed by atoms with Crippen LogP contribution in [0.25, 0.3) is 0 Å². The van der Waals surface area contributed by atoms with Crippen molar-refractivity contribution in [1.82, 2.24) is 5.32 Å². The van der Waals surface area contributed by atoms with Gasteiger partial charge in [0.25, 0.3) is 0 Å². The van der Waals surface area contributed by atoms with E-state index >= 15 is 0 Å². The van der Waals surface area contributed by atoms with Gasteiger partial charge in [0, 0.05) is 7.11 Å². The number of rotatable bonds is 4. The minimum atomic E-state index is -0.421. The Balaban J connectivity index is 0. The average Bonchev–Trinajstić information content (AvgIpc) is 2.21. The number of amides is 1. The molecule has 0 aromatic rings. The molecule has 2 unspecified atom stereocenters. The molecular formula is C11H25NO3. The fraction of sp³-hybridized carbons (Fsp3) is 0.909. The maximum absolute atomic E-state index is 10.9. The molecule has 0 spiro atoms. The number of carbonyl (C=O) groups excluding carboxylic acids is 1.